The van der Waals surface area contributed by atoms with Crippen LogP contribution in [0, 0.1) is 6.92 Å². The van der Waals surface area contributed by atoms with E-state index >= 15 is 0 Å². The minimum absolute atomic E-state index is 0.230. The van der Waals surface area contributed by atoms with Gasteiger partial charge >= 0.3 is 5.97 Å². The third-order valence-electron chi connectivity index (χ3n) is 4.14. The van der Waals surface area contributed by atoms with Crippen LogP contribution in [0.25, 0.3) is 10.8 Å². The van der Waals surface area contributed by atoms with E-state index in [9.17, 15) is 4.79 Å². The standard InChI is InChI=1S/C19H14O2/c1-12-6-4-11-16-17(12)18(21-19(16)20)15-10-5-8-13-7-2-3-9-14(13)15/h2-11,18H,1H3. The van der Waals surface area contributed by atoms with E-state index in [1.54, 1.807) is 0 Å². The van der Waals surface area contributed by atoms with Gasteiger partial charge in [0, 0.05) is 11.1 Å². The van der Waals surface area contributed by atoms with Crippen LogP contribution in [0.1, 0.15) is 33.2 Å². The maximum absolute atomic E-state index is 12.1. The molecular formula is C19H14O2. The molecule has 0 aromatic heterocycles. The largest absolute Gasteiger partial charge is 0.449 e. The lowest BCUT2D eigenvalue weighted by molar-refractivity contribution is 0.0457. The minimum atomic E-state index is -0.306. The summed E-state index contributed by atoms with van der Waals surface area (Å²) in [5, 5.41) is 2.29. The Kier molecular flexibility index (Phi) is 2.58. The molecule has 0 radical (unpaired) electrons. The number of rotatable bonds is 1. The van der Waals surface area contributed by atoms with Crippen LogP contribution in [0.5, 0.6) is 0 Å². The lowest BCUT2D eigenvalue weighted by Gasteiger charge is -2.15. The van der Waals surface area contributed by atoms with Gasteiger partial charge in [-0.2, -0.15) is 0 Å². The second-order valence-electron chi connectivity index (χ2n) is 5.39. The number of carbonyl (C=O) groups excluding carboxylic acids is 1. The van der Waals surface area contributed by atoms with E-state index in [-0.39, 0.29) is 12.1 Å². The highest BCUT2D eigenvalue weighted by Gasteiger charge is 2.34. The molecule has 1 aliphatic rings. The average Bonchev–Trinajstić information content (AvgIpc) is 2.85. The molecule has 1 unspecified atom stereocenters. The number of esters is 1. The second kappa shape index (κ2) is 4.45. The molecule has 0 aliphatic carbocycles. The molecule has 2 nitrogen and oxygen atoms in total. The first-order valence-corrected chi connectivity index (χ1v) is 7.04. The van der Waals surface area contributed by atoms with E-state index in [1.165, 1.54) is 0 Å². The normalized spacial score (nSPS) is 16.8. The topological polar surface area (TPSA) is 26.3 Å². The summed E-state index contributed by atoms with van der Waals surface area (Å²) in [4.78, 5) is 12.1. The molecule has 1 heterocycles. The lowest BCUT2D eigenvalue weighted by atomic mass is 9.92. The van der Waals surface area contributed by atoms with Crippen LogP contribution < -0.4 is 0 Å². The third-order valence-corrected chi connectivity index (χ3v) is 4.14. The van der Waals surface area contributed by atoms with Gasteiger partial charge in [0.25, 0.3) is 0 Å². The van der Waals surface area contributed by atoms with Gasteiger partial charge in [0.1, 0.15) is 0 Å². The Balaban J connectivity index is 1.98. The highest BCUT2D eigenvalue weighted by molar-refractivity contribution is 5.96. The molecule has 3 aromatic rings. The van der Waals surface area contributed by atoms with Crippen molar-refractivity contribution in [1.29, 1.82) is 0 Å². The molecular weight excluding hydrogens is 260 g/mol. The van der Waals surface area contributed by atoms with Gasteiger partial charge in [-0.15, -0.1) is 0 Å². The zero-order valence-electron chi connectivity index (χ0n) is 11.7. The number of hydrogen-bond acceptors (Lipinski definition) is 2. The number of hydrogen-bond donors (Lipinski definition) is 0. The van der Waals surface area contributed by atoms with Gasteiger partial charge in [-0.05, 0) is 29.3 Å². The van der Waals surface area contributed by atoms with E-state index < -0.39 is 0 Å². The van der Waals surface area contributed by atoms with Crippen LogP contribution >= 0.6 is 0 Å². The van der Waals surface area contributed by atoms with Gasteiger partial charge in [0.2, 0.25) is 0 Å². The van der Waals surface area contributed by atoms with E-state index in [2.05, 4.69) is 18.2 Å². The Morgan fingerprint density at radius 1 is 0.905 bits per heavy atom. The maximum Gasteiger partial charge on any atom is 0.339 e. The molecule has 0 saturated carbocycles. The summed E-state index contributed by atoms with van der Waals surface area (Å²) in [7, 11) is 0. The van der Waals surface area contributed by atoms with Crippen LogP contribution in [0.4, 0.5) is 0 Å². The molecule has 0 saturated heterocycles. The summed E-state index contributed by atoms with van der Waals surface area (Å²) in [6.07, 6.45) is -0.306. The van der Waals surface area contributed by atoms with Crippen molar-refractivity contribution in [2.75, 3.05) is 0 Å². The number of aryl methyl sites for hydroxylation is 1. The van der Waals surface area contributed by atoms with Gasteiger partial charge in [0.15, 0.2) is 6.10 Å². The molecule has 21 heavy (non-hydrogen) atoms. The Morgan fingerprint density at radius 3 is 2.57 bits per heavy atom. The van der Waals surface area contributed by atoms with Crippen molar-refractivity contribution >= 4 is 16.7 Å². The summed E-state index contributed by atoms with van der Waals surface area (Å²) in [5.41, 5.74) is 3.83. The fourth-order valence-corrected chi connectivity index (χ4v) is 3.13. The summed E-state index contributed by atoms with van der Waals surface area (Å²) >= 11 is 0. The highest BCUT2D eigenvalue weighted by atomic mass is 16.5. The molecule has 0 amide bonds. The Bertz CT molecular complexity index is 859. The van der Waals surface area contributed by atoms with E-state index in [4.69, 9.17) is 4.74 Å². The molecule has 0 N–H and O–H groups in total. The van der Waals surface area contributed by atoms with E-state index in [0.29, 0.717) is 5.56 Å². The number of carbonyl (C=O) groups is 1. The molecule has 0 spiro atoms. The van der Waals surface area contributed by atoms with Crippen LogP contribution in [-0.4, -0.2) is 5.97 Å². The van der Waals surface area contributed by atoms with Crippen molar-refractivity contribution in [2.45, 2.75) is 13.0 Å². The van der Waals surface area contributed by atoms with Gasteiger partial charge in [-0.3, -0.25) is 0 Å². The predicted molar refractivity (Wildman–Crippen MR) is 82.4 cm³/mol. The molecule has 3 aromatic carbocycles. The van der Waals surface area contributed by atoms with Crippen LogP contribution in [0.2, 0.25) is 0 Å². The SMILES string of the molecule is Cc1cccc2c1C(c1cccc3ccccc13)OC2=O. The van der Waals surface area contributed by atoms with E-state index in [1.807, 2.05) is 49.4 Å². The predicted octanol–water partition coefficient (Wildman–Crippen LogP) is 4.41. The average molecular weight is 274 g/mol. The molecule has 1 aliphatic heterocycles. The zero-order chi connectivity index (χ0) is 14.4. The number of ether oxygens (including phenoxy) is 1. The molecule has 102 valence electrons. The summed E-state index contributed by atoms with van der Waals surface area (Å²) < 4.78 is 5.67. The van der Waals surface area contributed by atoms with Crippen LogP contribution in [-0.2, 0) is 4.74 Å². The monoisotopic (exact) mass is 274 g/mol. The van der Waals surface area contributed by atoms with Crippen LogP contribution in [0.3, 0.4) is 0 Å². The molecule has 0 fully saturated rings. The first-order valence-electron chi connectivity index (χ1n) is 7.04. The number of fused-ring (bicyclic) bond motifs is 2. The molecule has 0 bridgehead atoms. The van der Waals surface area contributed by atoms with Gasteiger partial charge in [0.05, 0.1) is 5.56 Å². The smallest absolute Gasteiger partial charge is 0.339 e. The number of cyclic esters (lactones) is 1. The minimum Gasteiger partial charge on any atom is -0.449 e. The lowest BCUT2D eigenvalue weighted by Crippen LogP contribution is -2.02. The quantitative estimate of drug-likeness (QED) is 0.614. The van der Waals surface area contributed by atoms with E-state index in [0.717, 1.165) is 27.5 Å². The third kappa shape index (κ3) is 1.76. The van der Waals surface area contributed by atoms with Crippen molar-refractivity contribution in [3.05, 3.63) is 82.9 Å². The van der Waals surface area contributed by atoms with Crippen molar-refractivity contribution in [1.82, 2.24) is 0 Å². The zero-order valence-corrected chi connectivity index (χ0v) is 11.7. The molecule has 1 atom stereocenters. The highest BCUT2D eigenvalue weighted by Crippen LogP contribution is 2.40. The Labute approximate surface area is 123 Å². The Morgan fingerprint density at radius 2 is 1.67 bits per heavy atom. The van der Waals surface area contributed by atoms with Crippen molar-refractivity contribution in [2.24, 2.45) is 0 Å². The Hall–Kier alpha value is -2.61. The summed E-state index contributed by atoms with van der Waals surface area (Å²) in [6.45, 7) is 2.03. The fourth-order valence-electron chi connectivity index (χ4n) is 3.13. The van der Waals surface area contributed by atoms with Crippen molar-refractivity contribution < 1.29 is 9.53 Å². The van der Waals surface area contributed by atoms with Gasteiger partial charge < -0.3 is 4.74 Å². The second-order valence-corrected chi connectivity index (χ2v) is 5.39. The molecule has 2 heteroatoms. The summed E-state index contributed by atoms with van der Waals surface area (Å²) in [6, 6.07) is 20.1. The maximum atomic E-state index is 12.1. The first-order chi connectivity index (χ1) is 10.3. The van der Waals surface area contributed by atoms with Gasteiger partial charge in [-0.1, -0.05) is 54.6 Å². The summed E-state index contributed by atoms with van der Waals surface area (Å²) in [5.74, 6) is -0.230. The van der Waals surface area contributed by atoms with Crippen LogP contribution in [0.15, 0.2) is 60.7 Å². The van der Waals surface area contributed by atoms with Crippen molar-refractivity contribution in [3.8, 4) is 0 Å². The first kappa shape index (κ1) is 12.2. The fraction of sp³-hybridized carbons (Fsp3) is 0.105. The van der Waals surface area contributed by atoms with Gasteiger partial charge in [-0.25, -0.2) is 4.79 Å². The molecule has 4 rings (SSSR count). The van der Waals surface area contributed by atoms with Crippen molar-refractivity contribution in [3.63, 3.8) is 0 Å². The number of benzene rings is 3.